The van der Waals surface area contributed by atoms with E-state index < -0.39 is 0 Å². The van der Waals surface area contributed by atoms with Gasteiger partial charge in [-0.25, -0.2) is 0 Å². The largest absolute Gasteiger partial charge is 0.490 e. The third-order valence-electron chi connectivity index (χ3n) is 3.64. The second-order valence-corrected chi connectivity index (χ2v) is 5.35. The van der Waals surface area contributed by atoms with Gasteiger partial charge in [-0.3, -0.25) is 4.79 Å². The first-order valence-corrected chi connectivity index (χ1v) is 7.58. The van der Waals surface area contributed by atoms with Gasteiger partial charge in [-0.05, 0) is 44.7 Å². The van der Waals surface area contributed by atoms with E-state index in [9.17, 15) is 4.79 Å². The fourth-order valence-corrected chi connectivity index (χ4v) is 2.52. The number of benzene rings is 1. The normalized spacial score (nSPS) is 20.6. The number of hydrogen-bond donors (Lipinski definition) is 2. The lowest BCUT2D eigenvalue weighted by atomic mass is 9.92. The van der Waals surface area contributed by atoms with Crippen molar-refractivity contribution in [1.82, 2.24) is 5.32 Å². The molecule has 2 rings (SSSR count). The summed E-state index contributed by atoms with van der Waals surface area (Å²) in [7, 11) is 0. The van der Waals surface area contributed by atoms with Crippen molar-refractivity contribution in [2.45, 2.75) is 44.7 Å². The number of halogens is 1. The van der Waals surface area contributed by atoms with Crippen LogP contribution in [0.1, 0.15) is 32.6 Å². The Hall–Kier alpha value is -1.46. The highest BCUT2D eigenvalue weighted by Crippen LogP contribution is 2.26. The van der Waals surface area contributed by atoms with E-state index >= 15 is 0 Å². The summed E-state index contributed by atoms with van der Waals surface area (Å²) in [5.74, 6) is 1.17. The summed E-state index contributed by atoms with van der Waals surface area (Å²) in [5.41, 5.74) is 5.86. The van der Waals surface area contributed by atoms with Crippen molar-refractivity contribution in [2.24, 2.45) is 5.73 Å². The maximum absolute atomic E-state index is 11.9. The predicted octanol–water partition coefficient (Wildman–Crippen LogP) is 2.27. The molecule has 124 valence electrons. The summed E-state index contributed by atoms with van der Waals surface area (Å²) in [5, 5.41) is 3.00. The van der Waals surface area contributed by atoms with Gasteiger partial charge < -0.3 is 20.5 Å². The zero-order valence-electron chi connectivity index (χ0n) is 12.9. The summed E-state index contributed by atoms with van der Waals surface area (Å²) in [6, 6.07) is 7.88. The van der Waals surface area contributed by atoms with Crippen LogP contribution >= 0.6 is 12.4 Å². The Morgan fingerprint density at radius 3 is 2.36 bits per heavy atom. The molecule has 0 unspecified atom stereocenters. The monoisotopic (exact) mass is 328 g/mol. The van der Waals surface area contributed by atoms with Gasteiger partial charge in [0.1, 0.15) is 0 Å². The maximum Gasteiger partial charge on any atom is 0.258 e. The van der Waals surface area contributed by atoms with E-state index in [2.05, 4.69) is 5.32 Å². The number of para-hydroxylation sites is 2. The smallest absolute Gasteiger partial charge is 0.258 e. The van der Waals surface area contributed by atoms with Gasteiger partial charge in [0, 0.05) is 12.1 Å². The molecule has 0 aliphatic heterocycles. The molecule has 1 saturated carbocycles. The molecular formula is C16H25ClN2O3. The standard InChI is InChI=1S/C16H24N2O3.ClH/c1-2-20-14-5-3-4-6-15(14)21-11-16(19)18-13-9-7-12(17)8-10-13;/h3-6,12-13H,2,7-11,17H2,1H3,(H,18,19);1H. The molecule has 1 aromatic rings. The summed E-state index contributed by atoms with van der Waals surface area (Å²) in [4.78, 5) is 11.9. The van der Waals surface area contributed by atoms with Gasteiger partial charge in [0.15, 0.2) is 18.1 Å². The molecule has 1 amide bonds. The van der Waals surface area contributed by atoms with Crippen molar-refractivity contribution in [1.29, 1.82) is 0 Å². The minimum Gasteiger partial charge on any atom is -0.490 e. The van der Waals surface area contributed by atoms with E-state index in [1.165, 1.54) is 0 Å². The Morgan fingerprint density at radius 2 is 1.77 bits per heavy atom. The van der Waals surface area contributed by atoms with E-state index in [0.717, 1.165) is 25.7 Å². The predicted molar refractivity (Wildman–Crippen MR) is 88.7 cm³/mol. The van der Waals surface area contributed by atoms with Crippen LogP contribution in [-0.2, 0) is 4.79 Å². The Balaban J connectivity index is 0.00000242. The van der Waals surface area contributed by atoms with Crippen LogP contribution < -0.4 is 20.5 Å². The molecular weight excluding hydrogens is 304 g/mol. The average molecular weight is 329 g/mol. The van der Waals surface area contributed by atoms with Crippen LogP contribution in [0.3, 0.4) is 0 Å². The van der Waals surface area contributed by atoms with Crippen LogP contribution in [0.15, 0.2) is 24.3 Å². The van der Waals surface area contributed by atoms with Crippen molar-refractivity contribution in [2.75, 3.05) is 13.2 Å². The first-order chi connectivity index (χ1) is 10.2. The van der Waals surface area contributed by atoms with Gasteiger partial charge in [0.2, 0.25) is 0 Å². The van der Waals surface area contributed by atoms with Gasteiger partial charge in [-0.1, -0.05) is 12.1 Å². The number of carbonyl (C=O) groups excluding carboxylic acids is 1. The SMILES string of the molecule is CCOc1ccccc1OCC(=O)NC1CCC(N)CC1.Cl. The minimum absolute atomic E-state index is 0. The van der Waals surface area contributed by atoms with Crippen molar-refractivity contribution >= 4 is 18.3 Å². The molecule has 0 heterocycles. The van der Waals surface area contributed by atoms with Crippen LogP contribution in [0.2, 0.25) is 0 Å². The molecule has 3 N–H and O–H groups in total. The van der Waals surface area contributed by atoms with Crippen LogP contribution in [0, 0.1) is 0 Å². The van der Waals surface area contributed by atoms with E-state index in [1.54, 1.807) is 6.07 Å². The van der Waals surface area contributed by atoms with Gasteiger partial charge in [-0.2, -0.15) is 0 Å². The molecule has 1 aromatic carbocycles. The first-order valence-electron chi connectivity index (χ1n) is 7.58. The number of nitrogens with one attached hydrogen (secondary N) is 1. The highest BCUT2D eigenvalue weighted by molar-refractivity contribution is 5.85. The number of amides is 1. The second kappa shape index (κ2) is 9.54. The highest BCUT2D eigenvalue weighted by atomic mass is 35.5. The number of carbonyl (C=O) groups is 1. The zero-order valence-corrected chi connectivity index (χ0v) is 13.7. The van der Waals surface area contributed by atoms with Crippen molar-refractivity contribution in [3.63, 3.8) is 0 Å². The number of nitrogens with two attached hydrogens (primary N) is 1. The molecule has 0 spiro atoms. The fourth-order valence-electron chi connectivity index (χ4n) is 2.52. The van der Waals surface area contributed by atoms with Gasteiger partial charge in [0.05, 0.1) is 6.61 Å². The Bertz CT molecular complexity index is 462. The molecule has 5 nitrogen and oxygen atoms in total. The van der Waals surface area contributed by atoms with E-state index in [4.69, 9.17) is 15.2 Å². The van der Waals surface area contributed by atoms with Crippen molar-refractivity contribution in [3.8, 4) is 11.5 Å². The molecule has 1 aliphatic carbocycles. The van der Waals surface area contributed by atoms with Crippen LogP contribution in [-0.4, -0.2) is 31.2 Å². The zero-order chi connectivity index (χ0) is 15.1. The van der Waals surface area contributed by atoms with Crippen LogP contribution in [0.25, 0.3) is 0 Å². The molecule has 0 bridgehead atoms. The van der Waals surface area contributed by atoms with Gasteiger partial charge in [0.25, 0.3) is 5.91 Å². The number of ether oxygens (including phenoxy) is 2. The van der Waals surface area contributed by atoms with E-state index in [1.807, 2.05) is 25.1 Å². The number of rotatable bonds is 6. The topological polar surface area (TPSA) is 73.6 Å². The third kappa shape index (κ3) is 5.73. The molecule has 1 fully saturated rings. The van der Waals surface area contributed by atoms with Gasteiger partial charge >= 0.3 is 0 Å². The average Bonchev–Trinajstić information content (AvgIpc) is 2.49. The van der Waals surface area contributed by atoms with Crippen LogP contribution in [0.5, 0.6) is 11.5 Å². The molecule has 6 heteroatoms. The van der Waals surface area contributed by atoms with E-state index in [0.29, 0.717) is 18.1 Å². The molecule has 22 heavy (non-hydrogen) atoms. The molecule has 0 aromatic heterocycles. The molecule has 1 aliphatic rings. The Labute approximate surface area is 138 Å². The molecule has 0 radical (unpaired) electrons. The summed E-state index contributed by atoms with van der Waals surface area (Å²) >= 11 is 0. The Kier molecular flexibility index (Phi) is 8.06. The third-order valence-corrected chi connectivity index (χ3v) is 3.64. The second-order valence-electron chi connectivity index (χ2n) is 5.35. The van der Waals surface area contributed by atoms with Crippen LogP contribution in [0.4, 0.5) is 0 Å². The van der Waals surface area contributed by atoms with Crippen molar-refractivity contribution in [3.05, 3.63) is 24.3 Å². The molecule has 0 saturated heterocycles. The number of hydrogen-bond acceptors (Lipinski definition) is 4. The lowest BCUT2D eigenvalue weighted by Gasteiger charge is -2.26. The highest BCUT2D eigenvalue weighted by Gasteiger charge is 2.20. The molecule has 0 atom stereocenters. The summed E-state index contributed by atoms with van der Waals surface area (Å²) < 4.78 is 11.0. The lowest BCUT2D eigenvalue weighted by Crippen LogP contribution is -2.42. The fraction of sp³-hybridized carbons (Fsp3) is 0.562. The van der Waals surface area contributed by atoms with Crippen molar-refractivity contribution < 1.29 is 14.3 Å². The minimum atomic E-state index is -0.0956. The maximum atomic E-state index is 11.9. The van der Waals surface area contributed by atoms with Gasteiger partial charge in [-0.15, -0.1) is 12.4 Å². The lowest BCUT2D eigenvalue weighted by molar-refractivity contribution is -0.124. The Morgan fingerprint density at radius 1 is 1.18 bits per heavy atom. The summed E-state index contributed by atoms with van der Waals surface area (Å²) in [6.07, 6.45) is 3.84. The van der Waals surface area contributed by atoms with E-state index in [-0.39, 0.29) is 37.0 Å². The first kappa shape index (κ1) is 18.6. The quantitative estimate of drug-likeness (QED) is 0.840. The summed E-state index contributed by atoms with van der Waals surface area (Å²) in [6.45, 7) is 2.48.